The Morgan fingerprint density at radius 1 is 1.23 bits per heavy atom. The molecule has 7 heteroatoms. The molecule has 2 N–H and O–H groups in total. The number of anilines is 1. The molecule has 1 aliphatic heterocycles. The third kappa shape index (κ3) is 3.19. The maximum atomic E-state index is 12.4. The fourth-order valence-electron chi connectivity index (χ4n) is 2.80. The summed E-state index contributed by atoms with van der Waals surface area (Å²) in [6.07, 6.45) is 10.6. The zero-order valence-electron chi connectivity index (χ0n) is 12.2. The molecule has 1 fully saturated rings. The lowest BCUT2D eigenvalue weighted by Crippen LogP contribution is -2.41. The van der Waals surface area contributed by atoms with Crippen LogP contribution in [0.2, 0.25) is 0 Å². The number of piperidine rings is 1. The number of likely N-dealkylation sites (tertiary alicyclic amines) is 1. The van der Waals surface area contributed by atoms with Crippen molar-refractivity contribution in [2.24, 2.45) is 5.92 Å². The van der Waals surface area contributed by atoms with Crippen LogP contribution in [0, 0.1) is 5.92 Å². The summed E-state index contributed by atoms with van der Waals surface area (Å²) < 4.78 is 0. The predicted octanol–water partition coefficient (Wildman–Crippen LogP) is 0.944. The Morgan fingerprint density at radius 3 is 2.82 bits per heavy atom. The van der Waals surface area contributed by atoms with Gasteiger partial charge in [0, 0.05) is 37.9 Å². The molecular formula is C15H18N6O. The van der Waals surface area contributed by atoms with E-state index in [0.717, 1.165) is 31.5 Å². The normalized spacial score (nSPS) is 18.2. The average molecular weight is 298 g/mol. The molecule has 0 unspecified atom stereocenters. The molecule has 3 rings (SSSR count). The van der Waals surface area contributed by atoms with Crippen molar-refractivity contribution in [2.45, 2.75) is 19.3 Å². The van der Waals surface area contributed by atoms with E-state index in [4.69, 9.17) is 5.73 Å². The molecule has 0 spiro atoms. The number of carbonyl (C=O) groups excluding carboxylic acids is 1. The van der Waals surface area contributed by atoms with Crippen LogP contribution in [0.1, 0.15) is 29.0 Å². The van der Waals surface area contributed by atoms with Gasteiger partial charge in [-0.05, 0) is 25.2 Å². The summed E-state index contributed by atoms with van der Waals surface area (Å²) in [5.41, 5.74) is 7.05. The lowest BCUT2D eigenvalue weighted by Gasteiger charge is -2.32. The van der Waals surface area contributed by atoms with Crippen LogP contribution in [0.5, 0.6) is 0 Å². The van der Waals surface area contributed by atoms with Crippen LogP contribution in [-0.4, -0.2) is 43.8 Å². The first-order chi connectivity index (χ1) is 10.7. The molecule has 0 saturated carbocycles. The predicted molar refractivity (Wildman–Crippen MR) is 80.8 cm³/mol. The van der Waals surface area contributed by atoms with Gasteiger partial charge in [0.2, 0.25) is 0 Å². The number of carbonyl (C=O) groups is 1. The highest BCUT2D eigenvalue weighted by Crippen LogP contribution is 2.22. The van der Waals surface area contributed by atoms with Crippen molar-refractivity contribution in [1.29, 1.82) is 0 Å². The highest BCUT2D eigenvalue weighted by molar-refractivity contribution is 5.92. The molecule has 3 heterocycles. The molecule has 1 atom stereocenters. The molecular weight excluding hydrogens is 280 g/mol. The fraction of sp³-hybridized carbons (Fsp3) is 0.400. The number of aromatic nitrogens is 4. The van der Waals surface area contributed by atoms with E-state index in [1.807, 2.05) is 4.90 Å². The van der Waals surface area contributed by atoms with Crippen LogP contribution in [0.15, 0.2) is 31.0 Å². The third-order valence-corrected chi connectivity index (χ3v) is 3.88. The third-order valence-electron chi connectivity index (χ3n) is 3.88. The van der Waals surface area contributed by atoms with Crippen molar-refractivity contribution < 1.29 is 4.79 Å². The minimum Gasteiger partial charge on any atom is -0.382 e. The Balaban J connectivity index is 1.67. The smallest absolute Gasteiger partial charge is 0.274 e. The summed E-state index contributed by atoms with van der Waals surface area (Å²) in [6.45, 7) is 1.44. The number of nitrogens with two attached hydrogens (primary N) is 1. The number of amides is 1. The van der Waals surface area contributed by atoms with Crippen molar-refractivity contribution >= 4 is 11.7 Å². The lowest BCUT2D eigenvalue weighted by atomic mass is 9.93. The number of hydrogen-bond donors (Lipinski definition) is 1. The molecule has 1 saturated heterocycles. The molecule has 114 valence electrons. The van der Waals surface area contributed by atoms with E-state index in [0.29, 0.717) is 24.0 Å². The van der Waals surface area contributed by atoms with Gasteiger partial charge in [-0.3, -0.25) is 14.8 Å². The van der Waals surface area contributed by atoms with Crippen molar-refractivity contribution in [3.63, 3.8) is 0 Å². The maximum Gasteiger partial charge on any atom is 0.274 e. The van der Waals surface area contributed by atoms with E-state index in [2.05, 4.69) is 19.9 Å². The lowest BCUT2D eigenvalue weighted by molar-refractivity contribution is 0.0666. The second-order valence-corrected chi connectivity index (χ2v) is 5.44. The first-order valence-electron chi connectivity index (χ1n) is 7.34. The van der Waals surface area contributed by atoms with Gasteiger partial charge < -0.3 is 10.6 Å². The Kier molecular flexibility index (Phi) is 4.22. The quantitative estimate of drug-likeness (QED) is 0.905. The fourth-order valence-corrected chi connectivity index (χ4v) is 2.80. The van der Waals surface area contributed by atoms with E-state index in [-0.39, 0.29) is 5.91 Å². The average Bonchev–Trinajstić information content (AvgIpc) is 2.57. The van der Waals surface area contributed by atoms with E-state index in [9.17, 15) is 4.79 Å². The highest BCUT2D eigenvalue weighted by atomic mass is 16.2. The van der Waals surface area contributed by atoms with Gasteiger partial charge >= 0.3 is 0 Å². The Hall–Kier alpha value is -2.57. The molecule has 0 bridgehead atoms. The van der Waals surface area contributed by atoms with Crippen LogP contribution in [0.3, 0.4) is 0 Å². The van der Waals surface area contributed by atoms with E-state index in [1.54, 1.807) is 18.6 Å². The van der Waals surface area contributed by atoms with Crippen LogP contribution in [0.25, 0.3) is 0 Å². The standard InChI is InChI=1S/C15H18N6O/c16-14-12(18-5-6-20-14)8-11-2-1-7-21(10-11)15(22)13-9-17-3-4-19-13/h3-6,9,11H,1-2,7-8,10H2,(H2,16,20)/t11-/m1/s1. The van der Waals surface area contributed by atoms with Crippen molar-refractivity contribution in [3.8, 4) is 0 Å². The zero-order chi connectivity index (χ0) is 15.4. The molecule has 0 aliphatic carbocycles. The van der Waals surface area contributed by atoms with Crippen LogP contribution >= 0.6 is 0 Å². The number of nitrogens with zero attached hydrogens (tertiary/aromatic N) is 5. The SMILES string of the molecule is Nc1nccnc1C[C@H]1CCCN(C(=O)c2cnccn2)C1. The van der Waals surface area contributed by atoms with Gasteiger partial charge in [-0.25, -0.2) is 9.97 Å². The number of rotatable bonds is 3. The molecule has 1 amide bonds. The van der Waals surface area contributed by atoms with Gasteiger partial charge in [-0.15, -0.1) is 0 Å². The molecule has 0 radical (unpaired) electrons. The Morgan fingerprint density at radius 2 is 2.05 bits per heavy atom. The van der Waals surface area contributed by atoms with Crippen LogP contribution in [0.4, 0.5) is 5.82 Å². The molecule has 1 aliphatic rings. The molecule has 7 nitrogen and oxygen atoms in total. The van der Waals surface area contributed by atoms with Gasteiger partial charge in [0.15, 0.2) is 0 Å². The largest absolute Gasteiger partial charge is 0.382 e. The summed E-state index contributed by atoms with van der Waals surface area (Å²) in [5, 5.41) is 0. The van der Waals surface area contributed by atoms with E-state index < -0.39 is 0 Å². The summed E-state index contributed by atoms with van der Waals surface area (Å²) in [6, 6.07) is 0. The van der Waals surface area contributed by atoms with Gasteiger partial charge in [0.25, 0.3) is 5.91 Å². The minimum absolute atomic E-state index is 0.0649. The van der Waals surface area contributed by atoms with E-state index >= 15 is 0 Å². The van der Waals surface area contributed by atoms with Crippen molar-refractivity contribution in [1.82, 2.24) is 24.8 Å². The molecule has 22 heavy (non-hydrogen) atoms. The monoisotopic (exact) mass is 298 g/mol. The number of nitrogen functional groups attached to an aromatic ring is 1. The van der Waals surface area contributed by atoms with Gasteiger partial charge in [0.05, 0.1) is 11.9 Å². The van der Waals surface area contributed by atoms with E-state index in [1.165, 1.54) is 12.4 Å². The van der Waals surface area contributed by atoms with Gasteiger partial charge in [-0.1, -0.05) is 0 Å². The molecule has 0 aromatic carbocycles. The molecule has 2 aromatic heterocycles. The second kappa shape index (κ2) is 6.46. The Labute approximate surface area is 128 Å². The summed E-state index contributed by atoms with van der Waals surface area (Å²) >= 11 is 0. The van der Waals surface area contributed by atoms with Gasteiger partial charge in [0.1, 0.15) is 11.5 Å². The van der Waals surface area contributed by atoms with Crippen molar-refractivity contribution in [3.05, 3.63) is 42.4 Å². The first kappa shape index (κ1) is 14.4. The zero-order valence-corrected chi connectivity index (χ0v) is 12.2. The molecule has 2 aromatic rings. The second-order valence-electron chi connectivity index (χ2n) is 5.44. The minimum atomic E-state index is -0.0649. The maximum absolute atomic E-state index is 12.4. The summed E-state index contributed by atoms with van der Waals surface area (Å²) in [4.78, 5) is 30.7. The summed E-state index contributed by atoms with van der Waals surface area (Å²) in [7, 11) is 0. The van der Waals surface area contributed by atoms with Crippen LogP contribution < -0.4 is 5.73 Å². The summed E-state index contributed by atoms with van der Waals surface area (Å²) in [5.74, 6) is 0.748. The Bertz CT molecular complexity index is 647. The van der Waals surface area contributed by atoms with Crippen LogP contribution in [-0.2, 0) is 6.42 Å². The topological polar surface area (TPSA) is 97.9 Å². The first-order valence-corrected chi connectivity index (χ1v) is 7.34. The number of hydrogen-bond acceptors (Lipinski definition) is 6. The van der Waals surface area contributed by atoms with Crippen molar-refractivity contribution in [2.75, 3.05) is 18.8 Å². The van der Waals surface area contributed by atoms with Gasteiger partial charge in [-0.2, -0.15) is 0 Å². The highest BCUT2D eigenvalue weighted by Gasteiger charge is 2.26.